The zero-order valence-corrected chi connectivity index (χ0v) is 27.5. The molecule has 0 saturated carbocycles. The molecule has 5 rings (SSSR count). The fourth-order valence-corrected chi connectivity index (χ4v) is 7.06. The number of aromatic nitrogens is 2. The smallest absolute Gasteiger partial charge is 0.271 e. The molecule has 11 heteroatoms. The van der Waals surface area contributed by atoms with Gasteiger partial charge in [0.15, 0.2) is 0 Å². The van der Waals surface area contributed by atoms with Gasteiger partial charge in [-0.3, -0.25) is 19.3 Å². The second-order valence-corrected chi connectivity index (χ2v) is 13.4. The maximum Gasteiger partial charge on any atom is 0.271 e. The highest BCUT2D eigenvalue weighted by molar-refractivity contribution is 5.95. The van der Waals surface area contributed by atoms with Crippen molar-refractivity contribution >= 4 is 24.0 Å². The van der Waals surface area contributed by atoms with Crippen LogP contribution in [0.15, 0.2) is 35.6 Å². The van der Waals surface area contributed by atoms with Gasteiger partial charge in [0.1, 0.15) is 5.82 Å². The maximum absolute atomic E-state index is 14.9. The second-order valence-electron chi connectivity index (χ2n) is 13.4. The van der Waals surface area contributed by atoms with Crippen molar-refractivity contribution in [3.05, 3.63) is 74.3 Å². The maximum atomic E-state index is 14.9. The van der Waals surface area contributed by atoms with Gasteiger partial charge < -0.3 is 20.0 Å². The second kappa shape index (κ2) is 14.8. The lowest BCUT2D eigenvalue weighted by atomic mass is 9.84. The first-order valence-electron chi connectivity index (χ1n) is 16.5. The van der Waals surface area contributed by atoms with Crippen LogP contribution < -0.4 is 21.3 Å². The zero-order chi connectivity index (χ0) is 32.8. The molecule has 46 heavy (non-hydrogen) atoms. The number of carbonyl (C=O) groups excluding carboxylic acids is 2. The molecule has 3 saturated heterocycles. The number of benzene rings is 1. The number of hydrogen-bond donors (Lipinski definition) is 2. The summed E-state index contributed by atoms with van der Waals surface area (Å²) < 4.78 is 14.9. The van der Waals surface area contributed by atoms with E-state index in [1.807, 2.05) is 4.90 Å². The number of piperazine rings is 2. The van der Waals surface area contributed by atoms with Crippen molar-refractivity contribution in [1.82, 2.24) is 35.1 Å². The Bertz CT molecular complexity index is 1600. The van der Waals surface area contributed by atoms with Crippen LogP contribution in [0, 0.1) is 11.7 Å². The molecule has 248 valence electrons. The molecule has 2 amide bonds. The number of carbonyl (C=O) groups is 2. The highest BCUT2D eigenvalue weighted by atomic mass is 19.1. The number of nitrogens with zero attached hydrogens (tertiary/aromatic N) is 5. The molecule has 1 aromatic carbocycles. The van der Waals surface area contributed by atoms with E-state index in [-0.39, 0.29) is 22.6 Å². The summed E-state index contributed by atoms with van der Waals surface area (Å²) in [5, 5.41) is 11.5. The number of rotatable bonds is 8. The summed E-state index contributed by atoms with van der Waals surface area (Å²) in [6.45, 7) is 18.0. The van der Waals surface area contributed by atoms with E-state index in [0.717, 1.165) is 39.3 Å². The van der Waals surface area contributed by atoms with Crippen molar-refractivity contribution in [3.8, 4) is 0 Å². The van der Waals surface area contributed by atoms with Gasteiger partial charge in [-0.1, -0.05) is 30.9 Å². The highest BCUT2D eigenvalue weighted by Crippen LogP contribution is 2.25. The lowest BCUT2D eigenvalue weighted by molar-refractivity contribution is -0.134. The molecule has 4 heterocycles. The normalized spacial score (nSPS) is 21.9. The Morgan fingerprint density at radius 3 is 2.41 bits per heavy atom. The van der Waals surface area contributed by atoms with Crippen LogP contribution >= 0.6 is 0 Å². The molecule has 2 N–H and O–H groups in total. The first-order valence-corrected chi connectivity index (χ1v) is 16.5. The van der Waals surface area contributed by atoms with Gasteiger partial charge in [0, 0.05) is 81.3 Å². The van der Waals surface area contributed by atoms with Crippen LogP contribution in [0.5, 0.6) is 0 Å². The van der Waals surface area contributed by atoms with E-state index >= 15 is 0 Å². The van der Waals surface area contributed by atoms with E-state index in [2.05, 4.69) is 45.7 Å². The summed E-state index contributed by atoms with van der Waals surface area (Å²) in [7, 11) is 0. The third kappa shape index (κ3) is 8.18. The Hall–Kier alpha value is -3.67. The van der Waals surface area contributed by atoms with Gasteiger partial charge in [0.05, 0.1) is 17.8 Å². The molecule has 1 atom stereocenters. The van der Waals surface area contributed by atoms with Crippen LogP contribution in [0.2, 0.25) is 0 Å². The van der Waals surface area contributed by atoms with Crippen molar-refractivity contribution in [1.29, 1.82) is 0 Å². The molecule has 1 unspecified atom stereocenters. The summed E-state index contributed by atoms with van der Waals surface area (Å²) in [5.41, 5.74) is 1.18. The standard InChI is InChI=1S/C35H48FN7O3/c1-5-7-28-27(6-2)33(45)39-38-31(28)21-25-8-9-30(36)29(20-25)34(46)43-18-16-42(17-19-43)32(44)24-41-14-12-40(13-15-41)23-26-10-11-37-35(3,4)22-26/h5-9,20,26,37H,1,10-19,21-24H2,2-4H3,(H,39,45)/b27-6+,28-7+. The molecule has 0 bridgehead atoms. The molecule has 3 aliphatic heterocycles. The summed E-state index contributed by atoms with van der Waals surface area (Å²) in [4.78, 5) is 47.0. The van der Waals surface area contributed by atoms with E-state index in [0.29, 0.717) is 66.8 Å². The molecule has 0 aliphatic carbocycles. The first kappa shape index (κ1) is 33.7. The average Bonchev–Trinajstić information content (AvgIpc) is 3.03. The zero-order valence-electron chi connectivity index (χ0n) is 27.5. The van der Waals surface area contributed by atoms with E-state index in [1.54, 1.807) is 42.2 Å². The van der Waals surface area contributed by atoms with E-state index < -0.39 is 11.7 Å². The Kier molecular flexibility index (Phi) is 10.9. The van der Waals surface area contributed by atoms with E-state index in [4.69, 9.17) is 0 Å². The lowest BCUT2D eigenvalue weighted by Crippen LogP contribution is -2.55. The van der Waals surface area contributed by atoms with Gasteiger partial charge in [-0.05, 0) is 63.8 Å². The van der Waals surface area contributed by atoms with Crippen LogP contribution in [0.25, 0.3) is 12.2 Å². The Labute approximate surface area is 270 Å². The molecule has 10 nitrogen and oxygen atoms in total. The van der Waals surface area contributed by atoms with Gasteiger partial charge in [-0.25, -0.2) is 9.49 Å². The molecular weight excluding hydrogens is 585 g/mol. The topological polar surface area (TPSA) is 105 Å². The van der Waals surface area contributed by atoms with Crippen molar-refractivity contribution in [3.63, 3.8) is 0 Å². The van der Waals surface area contributed by atoms with E-state index in [1.165, 1.54) is 18.9 Å². The van der Waals surface area contributed by atoms with Crippen molar-refractivity contribution in [2.24, 2.45) is 5.92 Å². The van der Waals surface area contributed by atoms with Gasteiger partial charge in [-0.2, -0.15) is 5.10 Å². The number of piperidine rings is 1. The van der Waals surface area contributed by atoms with Crippen molar-refractivity contribution in [2.45, 2.75) is 45.6 Å². The van der Waals surface area contributed by atoms with Gasteiger partial charge in [0.25, 0.3) is 11.5 Å². The molecule has 3 aliphatic rings. The Balaban J connectivity index is 1.12. The third-order valence-electron chi connectivity index (χ3n) is 9.56. The first-order chi connectivity index (χ1) is 22.1. The Morgan fingerprint density at radius 2 is 1.74 bits per heavy atom. The number of H-pyrrole nitrogens is 1. The highest BCUT2D eigenvalue weighted by Gasteiger charge is 2.31. The predicted octanol–water partition coefficient (Wildman–Crippen LogP) is 0.947. The summed E-state index contributed by atoms with van der Waals surface area (Å²) in [6.07, 6.45) is 7.73. The quantitative estimate of drug-likeness (QED) is 0.446. The van der Waals surface area contributed by atoms with Crippen molar-refractivity contribution < 1.29 is 14.0 Å². The van der Waals surface area contributed by atoms with Gasteiger partial charge in [0.2, 0.25) is 5.91 Å². The number of amides is 2. The molecule has 1 aromatic heterocycles. The summed E-state index contributed by atoms with van der Waals surface area (Å²) in [5.74, 6) is -0.188. The number of hydrogen-bond acceptors (Lipinski definition) is 7. The molecule has 2 aromatic rings. The monoisotopic (exact) mass is 633 g/mol. The van der Waals surface area contributed by atoms with Crippen LogP contribution in [-0.4, -0.2) is 119 Å². The SMILES string of the molecule is C=C/C=c1/c(Cc2ccc(F)c(C(=O)N3CCN(C(=O)CN4CCN(CC5CCNC(C)(C)C5)CC4)CC3)c2)n[nH]c(=O)/c1=C/C. The van der Waals surface area contributed by atoms with Gasteiger partial charge >= 0.3 is 0 Å². The van der Waals surface area contributed by atoms with Gasteiger partial charge in [-0.15, -0.1) is 0 Å². The molecule has 0 spiro atoms. The summed E-state index contributed by atoms with van der Waals surface area (Å²) in [6, 6.07) is 4.47. The Morgan fingerprint density at radius 1 is 1.04 bits per heavy atom. The third-order valence-corrected chi connectivity index (χ3v) is 9.56. The number of halogens is 1. The van der Waals surface area contributed by atoms with E-state index in [9.17, 15) is 18.8 Å². The summed E-state index contributed by atoms with van der Waals surface area (Å²) >= 11 is 0. The lowest BCUT2D eigenvalue weighted by Gasteiger charge is -2.41. The van der Waals surface area contributed by atoms with Crippen LogP contribution in [-0.2, 0) is 11.2 Å². The minimum Gasteiger partial charge on any atom is -0.338 e. The van der Waals surface area contributed by atoms with Crippen LogP contribution in [0.1, 0.15) is 55.2 Å². The predicted molar refractivity (Wildman–Crippen MR) is 178 cm³/mol. The number of allylic oxidation sites excluding steroid dienone is 1. The molecule has 0 radical (unpaired) electrons. The number of nitrogens with one attached hydrogen (secondary N) is 2. The van der Waals surface area contributed by atoms with Crippen molar-refractivity contribution in [2.75, 3.05) is 72.0 Å². The van der Waals surface area contributed by atoms with Crippen LogP contribution in [0.4, 0.5) is 4.39 Å². The largest absolute Gasteiger partial charge is 0.338 e. The minimum absolute atomic E-state index is 0.0100. The minimum atomic E-state index is -0.592. The fraction of sp³-hybridized carbons (Fsp3) is 0.543. The van der Waals surface area contributed by atoms with Crippen LogP contribution in [0.3, 0.4) is 0 Å². The molecule has 3 fully saturated rings. The molecular formula is C35H48FN7O3. The average molecular weight is 634 g/mol. The number of aromatic amines is 1. The fourth-order valence-electron chi connectivity index (χ4n) is 7.06.